The van der Waals surface area contributed by atoms with E-state index in [2.05, 4.69) is 0 Å². The maximum Gasteiger partial charge on any atom is 0.328 e. The Hall–Kier alpha value is -2.10. The van der Waals surface area contributed by atoms with E-state index >= 15 is 0 Å². The summed E-state index contributed by atoms with van der Waals surface area (Å²) in [6.07, 6.45) is 1.18. The average Bonchev–Trinajstić information content (AvgIpc) is 2.33. The Balaban J connectivity index is 2.08. The molecule has 0 aliphatic carbocycles. The van der Waals surface area contributed by atoms with Crippen LogP contribution in [-0.4, -0.2) is 35.0 Å². The van der Waals surface area contributed by atoms with Gasteiger partial charge in [-0.3, -0.25) is 4.79 Å². The molecule has 0 saturated carbocycles. The molecule has 1 amide bonds. The van der Waals surface area contributed by atoms with E-state index in [4.69, 9.17) is 5.11 Å². The van der Waals surface area contributed by atoms with Crippen molar-refractivity contribution in [3.63, 3.8) is 0 Å². The van der Waals surface area contributed by atoms with Gasteiger partial charge in [-0.05, 0) is 25.0 Å². The molecule has 1 N–H and O–H groups in total. The summed E-state index contributed by atoms with van der Waals surface area (Å²) < 4.78 is 0. The van der Waals surface area contributed by atoms with E-state index in [0.29, 0.717) is 13.1 Å². The SMILES string of the molecule is CC(C)(C(=O)N1CC(=CC(=O)O)C1)c1ccccc1. The largest absolute Gasteiger partial charge is 0.478 e. The average molecular weight is 259 g/mol. The van der Waals surface area contributed by atoms with Crippen molar-refractivity contribution in [2.75, 3.05) is 13.1 Å². The number of carbonyl (C=O) groups is 2. The van der Waals surface area contributed by atoms with Gasteiger partial charge in [0.25, 0.3) is 0 Å². The zero-order chi connectivity index (χ0) is 14.0. The fourth-order valence-corrected chi connectivity index (χ4v) is 2.23. The molecule has 2 rings (SSSR count). The fraction of sp³-hybridized carbons (Fsp3) is 0.333. The highest BCUT2D eigenvalue weighted by atomic mass is 16.4. The number of nitrogens with zero attached hydrogens (tertiary/aromatic N) is 1. The lowest BCUT2D eigenvalue weighted by Crippen LogP contribution is -2.51. The number of carboxylic acid groups (broad SMARTS) is 1. The zero-order valence-electron chi connectivity index (χ0n) is 11.1. The van der Waals surface area contributed by atoms with Gasteiger partial charge in [0.05, 0.1) is 5.41 Å². The van der Waals surface area contributed by atoms with Crippen molar-refractivity contribution in [1.82, 2.24) is 4.90 Å². The van der Waals surface area contributed by atoms with Gasteiger partial charge < -0.3 is 10.0 Å². The molecule has 1 fully saturated rings. The maximum absolute atomic E-state index is 12.4. The van der Waals surface area contributed by atoms with E-state index in [1.807, 2.05) is 44.2 Å². The summed E-state index contributed by atoms with van der Waals surface area (Å²) in [7, 11) is 0. The number of benzene rings is 1. The van der Waals surface area contributed by atoms with Gasteiger partial charge in [0.1, 0.15) is 0 Å². The molecule has 1 aliphatic heterocycles. The first kappa shape index (κ1) is 13.3. The predicted molar refractivity (Wildman–Crippen MR) is 71.8 cm³/mol. The van der Waals surface area contributed by atoms with Gasteiger partial charge in [-0.1, -0.05) is 30.3 Å². The van der Waals surface area contributed by atoms with Crippen LogP contribution in [0.15, 0.2) is 42.0 Å². The zero-order valence-corrected chi connectivity index (χ0v) is 11.1. The summed E-state index contributed by atoms with van der Waals surface area (Å²) >= 11 is 0. The van der Waals surface area contributed by atoms with Crippen molar-refractivity contribution in [1.29, 1.82) is 0 Å². The van der Waals surface area contributed by atoms with E-state index in [-0.39, 0.29) is 5.91 Å². The molecule has 0 bridgehead atoms. The minimum absolute atomic E-state index is 0.0289. The van der Waals surface area contributed by atoms with Gasteiger partial charge in [0.15, 0.2) is 0 Å². The molecule has 100 valence electrons. The summed E-state index contributed by atoms with van der Waals surface area (Å²) in [6.45, 7) is 4.62. The molecule has 1 aromatic carbocycles. The van der Waals surface area contributed by atoms with Crippen molar-refractivity contribution in [3.8, 4) is 0 Å². The molecule has 1 aliphatic rings. The third kappa shape index (κ3) is 2.67. The lowest BCUT2D eigenvalue weighted by atomic mass is 9.82. The number of likely N-dealkylation sites (tertiary alicyclic amines) is 1. The third-order valence-corrected chi connectivity index (χ3v) is 3.43. The monoisotopic (exact) mass is 259 g/mol. The van der Waals surface area contributed by atoms with Gasteiger partial charge in [0, 0.05) is 19.2 Å². The number of amides is 1. The van der Waals surface area contributed by atoms with Crippen molar-refractivity contribution < 1.29 is 14.7 Å². The van der Waals surface area contributed by atoms with E-state index in [9.17, 15) is 9.59 Å². The van der Waals surface area contributed by atoms with Gasteiger partial charge >= 0.3 is 5.97 Å². The molecular formula is C15H17NO3. The van der Waals surface area contributed by atoms with Crippen molar-refractivity contribution in [2.24, 2.45) is 0 Å². The minimum Gasteiger partial charge on any atom is -0.478 e. The Morgan fingerprint density at radius 3 is 2.32 bits per heavy atom. The lowest BCUT2D eigenvalue weighted by Gasteiger charge is -2.39. The topological polar surface area (TPSA) is 57.6 Å². The second kappa shape index (κ2) is 4.88. The van der Waals surface area contributed by atoms with Crippen LogP contribution >= 0.6 is 0 Å². The van der Waals surface area contributed by atoms with Crippen molar-refractivity contribution in [2.45, 2.75) is 19.3 Å². The smallest absolute Gasteiger partial charge is 0.328 e. The lowest BCUT2D eigenvalue weighted by molar-refractivity contribution is -0.138. The fourth-order valence-electron chi connectivity index (χ4n) is 2.23. The van der Waals surface area contributed by atoms with Crippen LogP contribution in [0.5, 0.6) is 0 Å². The number of hydrogen-bond acceptors (Lipinski definition) is 2. The first-order chi connectivity index (χ1) is 8.91. The first-order valence-corrected chi connectivity index (χ1v) is 6.18. The van der Waals surface area contributed by atoms with Crippen LogP contribution < -0.4 is 0 Å². The molecule has 0 radical (unpaired) electrons. The standard InChI is InChI=1S/C15H17NO3/c1-15(2,12-6-4-3-5-7-12)14(19)16-9-11(10-16)8-13(17)18/h3-8H,9-10H2,1-2H3,(H,17,18). The second-order valence-electron chi connectivity index (χ2n) is 5.29. The number of aliphatic carboxylic acids is 1. The number of carbonyl (C=O) groups excluding carboxylic acids is 1. The summed E-state index contributed by atoms with van der Waals surface area (Å²) in [6, 6.07) is 9.62. The van der Waals surface area contributed by atoms with Crippen molar-refractivity contribution >= 4 is 11.9 Å². The maximum atomic E-state index is 12.4. The molecule has 0 aromatic heterocycles. The Kier molecular flexibility index (Phi) is 3.42. The highest BCUT2D eigenvalue weighted by molar-refractivity contribution is 5.89. The molecule has 1 saturated heterocycles. The van der Waals surface area contributed by atoms with Crippen LogP contribution in [0.3, 0.4) is 0 Å². The van der Waals surface area contributed by atoms with Gasteiger partial charge in [-0.25, -0.2) is 4.79 Å². The van der Waals surface area contributed by atoms with E-state index in [0.717, 1.165) is 11.1 Å². The molecule has 0 spiro atoms. The number of carboxylic acids is 1. The number of rotatable bonds is 3. The van der Waals surface area contributed by atoms with Gasteiger partial charge in [-0.2, -0.15) is 0 Å². The van der Waals surface area contributed by atoms with Crippen LogP contribution in [0.4, 0.5) is 0 Å². The Bertz CT molecular complexity index is 524. The number of hydrogen-bond donors (Lipinski definition) is 1. The van der Waals surface area contributed by atoms with Crippen molar-refractivity contribution in [3.05, 3.63) is 47.5 Å². The van der Waals surface area contributed by atoms with Crippen LogP contribution in [0.25, 0.3) is 0 Å². The van der Waals surface area contributed by atoms with Crippen LogP contribution in [0.2, 0.25) is 0 Å². The van der Waals surface area contributed by atoms with Crippen LogP contribution in [0.1, 0.15) is 19.4 Å². The van der Waals surface area contributed by atoms with Gasteiger partial charge in [0.2, 0.25) is 5.91 Å². The Morgan fingerprint density at radius 1 is 1.21 bits per heavy atom. The summed E-state index contributed by atoms with van der Waals surface area (Å²) in [4.78, 5) is 24.6. The molecule has 1 aromatic rings. The summed E-state index contributed by atoms with van der Waals surface area (Å²) in [5.74, 6) is -0.925. The molecular weight excluding hydrogens is 242 g/mol. The molecule has 1 heterocycles. The molecule has 0 atom stereocenters. The highest BCUT2D eigenvalue weighted by Crippen LogP contribution is 2.28. The second-order valence-corrected chi connectivity index (χ2v) is 5.29. The third-order valence-electron chi connectivity index (χ3n) is 3.43. The Labute approximate surface area is 112 Å². The first-order valence-electron chi connectivity index (χ1n) is 6.18. The molecule has 4 heteroatoms. The van der Waals surface area contributed by atoms with E-state index in [1.54, 1.807) is 4.90 Å². The van der Waals surface area contributed by atoms with Crippen LogP contribution in [-0.2, 0) is 15.0 Å². The highest BCUT2D eigenvalue weighted by Gasteiger charge is 2.37. The molecule has 4 nitrogen and oxygen atoms in total. The van der Waals surface area contributed by atoms with Gasteiger partial charge in [-0.15, -0.1) is 0 Å². The molecule has 0 unspecified atom stereocenters. The predicted octanol–water partition coefficient (Wildman–Crippen LogP) is 1.82. The van der Waals surface area contributed by atoms with E-state index in [1.165, 1.54) is 6.08 Å². The van der Waals surface area contributed by atoms with Crippen LogP contribution in [0, 0.1) is 0 Å². The molecule has 19 heavy (non-hydrogen) atoms. The quantitative estimate of drug-likeness (QED) is 0.842. The van der Waals surface area contributed by atoms with E-state index < -0.39 is 11.4 Å². The normalized spacial score (nSPS) is 14.8. The minimum atomic E-state index is -0.954. The summed E-state index contributed by atoms with van der Waals surface area (Å²) in [5.41, 5.74) is 1.16. The Morgan fingerprint density at radius 2 is 1.79 bits per heavy atom. The summed E-state index contributed by atoms with van der Waals surface area (Å²) in [5, 5.41) is 8.63.